The molecule has 1 amide bonds. The summed E-state index contributed by atoms with van der Waals surface area (Å²) >= 11 is 5.87. The molecule has 2 N–H and O–H groups in total. The molecule has 2 aromatic rings. The van der Waals surface area contributed by atoms with Gasteiger partial charge in [0, 0.05) is 12.1 Å². The minimum absolute atomic E-state index is 0.0238. The first-order valence-electron chi connectivity index (χ1n) is 6.13. The number of nitrogens with zero attached hydrogens (tertiary/aromatic N) is 1. The third-order valence-corrected chi connectivity index (χ3v) is 3.02. The van der Waals surface area contributed by atoms with Crippen molar-refractivity contribution in [3.63, 3.8) is 0 Å². The first-order valence-corrected chi connectivity index (χ1v) is 6.51. The van der Waals surface area contributed by atoms with Gasteiger partial charge in [-0.25, -0.2) is 9.59 Å². The number of carboxylic acids is 1. The van der Waals surface area contributed by atoms with Gasteiger partial charge in [-0.05, 0) is 30.3 Å². The molecule has 0 saturated carbocycles. The van der Waals surface area contributed by atoms with Crippen LogP contribution in [0.2, 0.25) is 5.02 Å². The number of amides is 1. The lowest BCUT2D eigenvalue weighted by Gasteiger charge is -2.08. The van der Waals surface area contributed by atoms with Gasteiger partial charge in [0.05, 0.1) is 21.2 Å². The van der Waals surface area contributed by atoms with Crippen molar-refractivity contribution in [1.82, 2.24) is 0 Å². The second-order valence-corrected chi connectivity index (χ2v) is 4.67. The lowest BCUT2D eigenvalue weighted by atomic mass is 10.2. The molecule has 0 spiro atoms. The van der Waals surface area contributed by atoms with Gasteiger partial charge in [-0.1, -0.05) is 11.6 Å². The second kappa shape index (κ2) is 6.75. The molecule has 9 heteroatoms. The molecule has 8 nitrogen and oxygen atoms in total. The minimum Gasteiger partial charge on any atom is -0.478 e. The molecule has 0 aliphatic carbocycles. The van der Waals surface area contributed by atoms with Crippen molar-refractivity contribution in [2.45, 2.75) is 0 Å². The zero-order valence-electron chi connectivity index (χ0n) is 11.4. The highest BCUT2D eigenvalue weighted by Crippen LogP contribution is 2.24. The van der Waals surface area contributed by atoms with E-state index < -0.39 is 17.0 Å². The van der Waals surface area contributed by atoms with Gasteiger partial charge in [0.15, 0.2) is 0 Å². The maximum absolute atomic E-state index is 11.7. The molecule has 2 rings (SSSR count). The van der Waals surface area contributed by atoms with Crippen molar-refractivity contribution in [2.24, 2.45) is 0 Å². The van der Waals surface area contributed by atoms with Crippen molar-refractivity contribution < 1.29 is 24.4 Å². The van der Waals surface area contributed by atoms with Crippen molar-refractivity contribution in [1.29, 1.82) is 0 Å². The Labute approximate surface area is 134 Å². The van der Waals surface area contributed by atoms with E-state index in [2.05, 4.69) is 5.32 Å². The minimum atomic E-state index is -1.15. The normalized spacial score (nSPS) is 9.96. The fourth-order valence-electron chi connectivity index (χ4n) is 1.63. The molecular formula is C14H9ClN2O6. The maximum Gasteiger partial charge on any atom is 0.417 e. The van der Waals surface area contributed by atoms with Crippen LogP contribution in [0.5, 0.6) is 5.75 Å². The summed E-state index contributed by atoms with van der Waals surface area (Å²) in [7, 11) is 0. The molecule has 0 fully saturated rings. The van der Waals surface area contributed by atoms with E-state index in [0.717, 1.165) is 0 Å². The zero-order chi connectivity index (χ0) is 17.0. The Morgan fingerprint density at radius 1 is 1.17 bits per heavy atom. The van der Waals surface area contributed by atoms with Gasteiger partial charge < -0.3 is 9.84 Å². The van der Waals surface area contributed by atoms with E-state index in [4.69, 9.17) is 21.4 Å². The molecule has 118 valence electrons. The van der Waals surface area contributed by atoms with E-state index in [1.165, 1.54) is 42.5 Å². The summed E-state index contributed by atoms with van der Waals surface area (Å²) in [4.78, 5) is 32.5. The Hall–Kier alpha value is -3.13. The van der Waals surface area contributed by atoms with Gasteiger partial charge in [0.25, 0.3) is 5.69 Å². The molecule has 23 heavy (non-hydrogen) atoms. The molecule has 0 aromatic heterocycles. The number of rotatable bonds is 4. The molecule has 2 aromatic carbocycles. The van der Waals surface area contributed by atoms with Crippen LogP contribution in [0.4, 0.5) is 16.2 Å². The number of aromatic carboxylic acids is 1. The monoisotopic (exact) mass is 336 g/mol. The van der Waals surface area contributed by atoms with Gasteiger partial charge in [-0.2, -0.15) is 0 Å². The molecular weight excluding hydrogens is 328 g/mol. The second-order valence-electron chi connectivity index (χ2n) is 4.27. The van der Waals surface area contributed by atoms with E-state index in [9.17, 15) is 19.7 Å². The van der Waals surface area contributed by atoms with E-state index in [1.54, 1.807) is 0 Å². The highest BCUT2D eigenvalue weighted by molar-refractivity contribution is 6.34. The number of carbonyl (C=O) groups excluding carboxylic acids is 1. The van der Waals surface area contributed by atoms with Crippen molar-refractivity contribution >= 4 is 35.0 Å². The summed E-state index contributed by atoms with van der Waals surface area (Å²) in [6, 6.07) is 8.71. The van der Waals surface area contributed by atoms with E-state index in [1.807, 2.05) is 0 Å². The quantitative estimate of drug-likeness (QED) is 0.650. The summed E-state index contributed by atoms with van der Waals surface area (Å²) < 4.78 is 4.94. The summed E-state index contributed by atoms with van der Waals surface area (Å²) in [6.07, 6.45) is -0.871. The summed E-state index contributed by atoms with van der Waals surface area (Å²) in [5.41, 5.74) is 0.0120. The van der Waals surface area contributed by atoms with E-state index in [0.29, 0.717) is 0 Å². The third-order valence-electron chi connectivity index (χ3n) is 2.71. The first kappa shape index (κ1) is 16.2. The Kier molecular flexibility index (Phi) is 4.77. The van der Waals surface area contributed by atoms with Crippen LogP contribution in [-0.4, -0.2) is 22.1 Å². The third kappa shape index (κ3) is 4.17. The van der Waals surface area contributed by atoms with Crippen LogP contribution >= 0.6 is 11.6 Å². The Balaban J connectivity index is 2.04. The van der Waals surface area contributed by atoms with Crippen LogP contribution in [0.15, 0.2) is 42.5 Å². The predicted octanol–water partition coefficient (Wildman–Crippen LogP) is 3.56. The molecule has 0 bridgehead atoms. The Bertz CT molecular complexity index is 775. The van der Waals surface area contributed by atoms with E-state index in [-0.39, 0.29) is 27.7 Å². The number of benzene rings is 2. The topological polar surface area (TPSA) is 119 Å². The molecule has 0 saturated heterocycles. The fourth-order valence-corrected chi connectivity index (χ4v) is 1.86. The lowest BCUT2D eigenvalue weighted by Crippen LogP contribution is -2.17. The number of non-ortho nitro benzene ring substituents is 1. The summed E-state index contributed by atoms with van der Waals surface area (Å²) in [6.45, 7) is 0. The first-order chi connectivity index (χ1) is 10.9. The molecule has 0 unspecified atom stereocenters. The molecule has 0 atom stereocenters. The van der Waals surface area contributed by atoms with Crippen LogP contribution in [0.1, 0.15) is 10.4 Å². The highest BCUT2D eigenvalue weighted by Gasteiger charge is 2.12. The summed E-state index contributed by atoms with van der Waals surface area (Å²) in [5, 5.41) is 21.7. The van der Waals surface area contributed by atoms with Crippen molar-refractivity contribution in [3.8, 4) is 5.75 Å². The van der Waals surface area contributed by atoms with Gasteiger partial charge in [0.1, 0.15) is 5.75 Å². The van der Waals surface area contributed by atoms with Crippen LogP contribution < -0.4 is 10.1 Å². The average molecular weight is 337 g/mol. The molecule has 0 aliphatic heterocycles. The Morgan fingerprint density at radius 2 is 1.83 bits per heavy atom. The van der Waals surface area contributed by atoms with Crippen molar-refractivity contribution in [3.05, 3.63) is 63.2 Å². The standard InChI is InChI=1S/C14H9ClN2O6/c15-11-7-8(13(18)19)1-6-12(11)16-14(20)23-10-4-2-9(3-5-10)17(21)22/h1-7H,(H,16,20)(H,18,19). The smallest absolute Gasteiger partial charge is 0.417 e. The largest absolute Gasteiger partial charge is 0.478 e. The lowest BCUT2D eigenvalue weighted by molar-refractivity contribution is -0.384. The van der Waals surface area contributed by atoms with Crippen LogP contribution in [0.25, 0.3) is 0 Å². The average Bonchev–Trinajstić information content (AvgIpc) is 2.49. The number of nitrogens with one attached hydrogen (secondary N) is 1. The number of carbonyl (C=O) groups is 2. The van der Waals surface area contributed by atoms with Gasteiger partial charge >= 0.3 is 12.1 Å². The number of nitro groups is 1. The predicted molar refractivity (Wildman–Crippen MR) is 81.2 cm³/mol. The zero-order valence-corrected chi connectivity index (χ0v) is 12.1. The number of halogens is 1. The fraction of sp³-hybridized carbons (Fsp3) is 0. The Morgan fingerprint density at radius 3 is 2.35 bits per heavy atom. The highest BCUT2D eigenvalue weighted by atomic mass is 35.5. The van der Waals surface area contributed by atoms with Crippen LogP contribution in [0, 0.1) is 10.1 Å². The molecule has 0 radical (unpaired) electrons. The molecule has 0 heterocycles. The van der Waals surface area contributed by atoms with E-state index >= 15 is 0 Å². The number of hydrogen-bond acceptors (Lipinski definition) is 5. The number of anilines is 1. The SMILES string of the molecule is O=C(Nc1ccc(C(=O)O)cc1Cl)Oc1ccc([N+](=O)[O-])cc1. The van der Waals surface area contributed by atoms with Gasteiger partial charge in [-0.3, -0.25) is 15.4 Å². The maximum atomic E-state index is 11.7. The van der Waals surface area contributed by atoms with Crippen LogP contribution in [0.3, 0.4) is 0 Å². The van der Waals surface area contributed by atoms with Crippen molar-refractivity contribution in [2.75, 3.05) is 5.32 Å². The number of carboxylic acid groups (broad SMARTS) is 1. The van der Waals surface area contributed by atoms with Gasteiger partial charge in [-0.15, -0.1) is 0 Å². The van der Waals surface area contributed by atoms with Crippen LogP contribution in [-0.2, 0) is 0 Å². The number of hydrogen-bond donors (Lipinski definition) is 2. The summed E-state index contributed by atoms with van der Waals surface area (Å²) in [5.74, 6) is -1.04. The number of nitro benzene ring substituents is 1. The van der Waals surface area contributed by atoms with Gasteiger partial charge in [0.2, 0.25) is 0 Å². The number of ether oxygens (including phenoxy) is 1. The molecule has 0 aliphatic rings.